The minimum Gasteiger partial charge on any atom is -0.338 e. The lowest BCUT2D eigenvalue weighted by atomic mass is 10.00. The molecule has 0 atom stereocenters. The van der Waals surface area contributed by atoms with Crippen LogP contribution in [0.15, 0.2) is 55.0 Å². The van der Waals surface area contributed by atoms with Crippen molar-refractivity contribution in [1.29, 1.82) is 0 Å². The first-order valence-corrected chi connectivity index (χ1v) is 10.1. The van der Waals surface area contributed by atoms with E-state index in [4.69, 9.17) is 0 Å². The van der Waals surface area contributed by atoms with Gasteiger partial charge in [0, 0.05) is 48.7 Å². The van der Waals surface area contributed by atoms with Gasteiger partial charge in [-0.1, -0.05) is 7.43 Å². The van der Waals surface area contributed by atoms with Crippen LogP contribution in [0.5, 0.6) is 0 Å². The van der Waals surface area contributed by atoms with Crippen LogP contribution in [0.25, 0.3) is 44.5 Å². The van der Waals surface area contributed by atoms with Crippen molar-refractivity contribution in [3.05, 3.63) is 60.8 Å². The van der Waals surface area contributed by atoms with Crippen LogP contribution < -0.4 is 10.6 Å². The van der Waals surface area contributed by atoms with Gasteiger partial charge in [0.05, 0.1) is 5.52 Å². The summed E-state index contributed by atoms with van der Waals surface area (Å²) in [4.78, 5) is 28.3. The van der Waals surface area contributed by atoms with Gasteiger partial charge in [-0.3, -0.25) is 10.3 Å². The largest absolute Gasteiger partial charge is 0.338 e. The van der Waals surface area contributed by atoms with Crippen LogP contribution in [0.2, 0.25) is 0 Å². The van der Waals surface area contributed by atoms with E-state index in [1.807, 2.05) is 49.0 Å². The van der Waals surface area contributed by atoms with Crippen LogP contribution >= 0.6 is 0 Å². The molecule has 0 spiro atoms. The molecule has 5 rings (SSSR count). The first-order chi connectivity index (χ1) is 15.5. The molecular formula is C24H24FN7O. The van der Waals surface area contributed by atoms with Crippen molar-refractivity contribution in [1.82, 2.24) is 29.8 Å². The number of hydrogen-bond donors (Lipinski definition) is 3. The SMILES string of the molecule is C.CCNC(=O)Nc1nc2c(-c3ncccc3F)cc(-c3cnc4c(ccn4C)c3)cc2[nH]1. The number of pyridine rings is 2. The molecule has 33 heavy (non-hydrogen) atoms. The fourth-order valence-corrected chi connectivity index (χ4v) is 3.73. The lowest BCUT2D eigenvalue weighted by Gasteiger charge is -2.08. The summed E-state index contributed by atoms with van der Waals surface area (Å²) in [6, 6.07) is 10.3. The molecule has 0 aliphatic heterocycles. The summed E-state index contributed by atoms with van der Waals surface area (Å²) in [5, 5.41) is 6.32. The van der Waals surface area contributed by atoms with E-state index in [2.05, 4.69) is 30.6 Å². The van der Waals surface area contributed by atoms with Crippen molar-refractivity contribution in [3.8, 4) is 22.4 Å². The Morgan fingerprint density at radius 2 is 2.03 bits per heavy atom. The standard InChI is InChI=1S/C23H20FN7O.CH4/c1-3-25-23(32)30-22-28-18-11-14(15-9-13-6-8-31(2)21(13)27-12-15)10-16(20(18)29-22)19-17(24)5-4-7-26-19;/h4-12H,3H2,1-2H3,(H3,25,28,29,30,32);1H4. The van der Waals surface area contributed by atoms with Crippen LogP contribution in [0, 0.1) is 5.82 Å². The Hall–Kier alpha value is -4.27. The fraction of sp³-hybridized carbons (Fsp3) is 0.167. The number of aromatic nitrogens is 5. The van der Waals surface area contributed by atoms with Gasteiger partial charge < -0.3 is 14.9 Å². The Kier molecular flexibility index (Phi) is 5.78. The van der Waals surface area contributed by atoms with Crippen molar-refractivity contribution in [2.24, 2.45) is 7.05 Å². The number of carbonyl (C=O) groups excluding carboxylic acids is 1. The number of halogens is 1. The first kappa shape index (κ1) is 21.9. The molecule has 1 aromatic carbocycles. The predicted molar refractivity (Wildman–Crippen MR) is 128 cm³/mol. The van der Waals surface area contributed by atoms with E-state index in [1.54, 1.807) is 12.3 Å². The summed E-state index contributed by atoms with van der Waals surface area (Å²) in [5.74, 6) is -0.193. The number of nitrogens with zero attached hydrogens (tertiary/aromatic N) is 4. The van der Waals surface area contributed by atoms with Crippen molar-refractivity contribution < 1.29 is 9.18 Å². The summed E-state index contributed by atoms with van der Waals surface area (Å²) in [5.41, 5.74) is 4.42. The third-order valence-electron chi connectivity index (χ3n) is 5.21. The number of anilines is 1. The van der Waals surface area contributed by atoms with Crippen LogP contribution in [0.3, 0.4) is 0 Å². The molecule has 4 heterocycles. The Morgan fingerprint density at radius 3 is 2.82 bits per heavy atom. The molecule has 2 amide bonds. The number of hydrogen-bond acceptors (Lipinski definition) is 4. The molecule has 3 N–H and O–H groups in total. The zero-order chi connectivity index (χ0) is 22.2. The van der Waals surface area contributed by atoms with Gasteiger partial charge in [0.15, 0.2) is 0 Å². The highest BCUT2D eigenvalue weighted by atomic mass is 19.1. The van der Waals surface area contributed by atoms with Gasteiger partial charge in [0.2, 0.25) is 5.95 Å². The lowest BCUT2D eigenvalue weighted by molar-refractivity contribution is 0.252. The number of imidazole rings is 1. The summed E-state index contributed by atoms with van der Waals surface area (Å²) >= 11 is 0. The highest BCUT2D eigenvalue weighted by molar-refractivity contribution is 5.98. The van der Waals surface area contributed by atoms with Gasteiger partial charge in [-0.25, -0.2) is 19.2 Å². The van der Waals surface area contributed by atoms with Gasteiger partial charge in [0.1, 0.15) is 22.7 Å². The molecule has 9 heteroatoms. The summed E-state index contributed by atoms with van der Waals surface area (Å²) in [6.07, 6.45) is 5.27. The zero-order valence-corrected chi connectivity index (χ0v) is 17.5. The van der Waals surface area contributed by atoms with Crippen molar-refractivity contribution in [2.45, 2.75) is 14.4 Å². The molecule has 0 radical (unpaired) electrons. The minimum atomic E-state index is -0.455. The number of amides is 2. The number of fused-ring (bicyclic) bond motifs is 2. The van der Waals surface area contributed by atoms with E-state index >= 15 is 0 Å². The second-order valence-electron chi connectivity index (χ2n) is 7.39. The van der Waals surface area contributed by atoms with Crippen LogP contribution in [-0.2, 0) is 7.05 Å². The molecule has 8 nitrogen and oxygen atoms in total. The van der Waals surface area contributed by atoms with Gasteiger partial charge in [0.25, 0.3) is 0 Å². The average molecular weight is 446 g/mol. The van der Waals surface area contributed by atoms with Crippen LogP contribution in [-0.4, -0.2) is 37.1 Å². The van der Waals surface area contributed by atoms with Gasteiger partial charge in [-0.15, -0.1) is 0 Å². The number of carbonyl (C=O) groups is 1. The lowest BCUT2D eigenvalue weighted by Crippen LogP contribution is -2.28. The zero-order valence-electron chi connectivity index (χ0n) is 17.5. The normalized spacial score (nSPS) is 10.9. The average Bonchev–Trinajstić information content (AvgIpc) is 3.36. The molecule has 4 aromatic heterocycles. The molecule has 0 aliphatic rings. The number of aromatic amines is 1. The smallest absolute Gasteiger partial charge is 0.321 e. The Balaban J connectivity index is 0.00000259. The van der Waals surface area contributed by atoms with Crippen molar-refractivity contribution in [2.75, 3.05) is 11.9 Å². The van der Waals surface area contributed by atoms with Crippen molar-refractivity contribution >= 4 is 34.0 Å². The van der Waals surface area contributed by atoms with E-state index in [-0.39, 0.29) is 25.1 Å². The van der Waals surface area contributed by atoms with E-state index < -0.39 is 5.82 Å². The van der Waals surface area contributed by atoms with E-state index in [9.17, 15) is 9.18 Å². The molecule has 168 valence electrons. The Morgan fingerprint density at radius 1 is 1.18 bits per heavy atom. The maximum Gasteiger partial charge on any atom is 0.321 e. The fourth-order valence-electron chi connectivity index (χ4n) is 3.73. The van der Waals surface area contributed by atoms with Gasteiger partial charge >= 0.3 is 6.03 Å². The third-order valence-corrected chi connectivity index (χ3v) is 5.21. The van der Waals surface area contributed by atoms with E-state index in [1.165, 1.54) is 12.3 Å². The van der Waals surface area contributed by atoms with Gasteiger partial charge in [-0.2, -0.15) is 0 Å². The summed E-state index contributed by atoms with van der Waals surface area (Å²) in [6.45, 7) is 2.31. The highest BCUT2D eigenvalue weighted by Crippen LogP contribution is 2.34. The monoisotopic (exact) mass is 445 g/mol. The van der Waals surface area contributed by atoms with Crippen molar-refractivity contribution in [3.63, 3.8) is 0 Å². The van der Waals surface area contributed by atoms with Gasteiger partial charge in [-0.05, 0) is 48.9 Å². The Labute approximate surface area is 189 Å². The third kappa shape index (κ3) is 4.00. The minimum absolute atomic E-state index is 0. The second-order valence-corrected chi connectivity index (χ2v) is 7.39. The molecule has 0 saturated heterocycles. The molecule has 5 aromatic rings. The van der Waals surface area contributed by atoms with E-state index in [0.29, 0.717) is 23.1 Å². The number of nitrogens with one attached hydrogen (secondary N) is 3. The molecule has 0 bridgehead atoms. The topological polar surface area (TPSA) is 101 Å². The Bertz CT molecular complexity index is 1470. The first-order valence-electron chi connectivity index (χ1n) is 10.1. The number of benzene rings is 1. The number of urea groups is 1. The molecule has 0 aliphatic carbocycles. The summed E-state index contributed by atoms with van der Waals surface area (Å²) < 4.78 is 16.6. The van der Waals surface area contributed by atoms with Crippen LogP contribution in [0.4, 0.5) is 15.1 Å². The second kappa shape index (κ2) is 8.70. The molecule has 0 unspecified atom stereocenters. The number of aryl methyl sites for hydroxylation is 1. The highest BCUT2D eigenvalue weighted by Gasteiger charge is 2.17. The molecule has 0 saturated carbocycles. The predicted octanol–water partition coefficient (Wildman–Crippen LogP) is 5.10. The summed E-state index contributed by atoms with van der Waals surface area (Å²) in [7, 11) is 1.94. The van der Waals surface area contributed by atoms with E-state index in [0.717, 1.165) is 22.2 Å². The number of rotatable bonds is 4. The quantitative estimate of drug-likeness (QED) is 0.358. The van der Waals surface area contributed by atoms with Crippen LogP contribution in [0.1, 0.15) is 14.4 Å². The maximum atomic E-state index is 14.7. The number of H-pyrrole nitrogens is 1. The molecule has 0 fully saturated rings. The maximum absolute atomic E-state index is 14.7. The molecular weight excluding hydrogens is 421 g/mol.